The zero-order valence-corrected chi connectivity index (χ0v) is 18.0. The number of hydrogen-bond donors (Lipinski definition) is 2. The maximum atomic E-state index is 12.7. The van der Waals surface area contributed by atoms with Crippen LogP contribution in [-0.4, -0.2) is 40.2 Å². The minimum Gasteiger partial charge on any atom is -0.462 e. The molecule has 160 valence electrons. The van der Waals surface area contributed by atoms with E-state index in [0.29, 0.717) is 39.7 Å². The molecule has 0 bridgehead atoms. The summed E-state index contributed by atoms with van der Waals surface area (Å²) >= 11 is 1.31. The minimum absolute atomic E-state index is 0.166. The van der Waals surface area contributed by atoms with E-state index in [1.807, 2.05) is 0 Å². The molecular formula is C22H22N4O4S. The summed E-state index contributed by atoms with van der Waals surface area (Å²) in [5.74, 6) is -0.889. The fourth-order valence-electron chi connectivity index (χ4n) is 3.08. The lowest BCUT2D eigenvalue weighted by molar-refractivity contribution is 0.0525. The number of hydrogen-bond acceptors (Lipinski definition) is 6. The smallest absolute Gasteiger partial charge is 0.341 e. The highest BCUT2D eigenvalue weighted by molar-refractivity contribution is 7.14. The van der Waals surface area contributed by atoms with Gasteiger partial charge in [-0.15, -0.1) is 11.3 Å². The SMILES string of the molecule is CCOC(=O)c1cnn(-c2ccc(C(=O)Nc3sccc3C(=O)NC3CC3)cc2)c1C. The highest BCUT2D eigenvalue weighted by Crippen LogP contribution is 2.26. The van der Waals surface area contributed by atoms with E-state index < -0.39 is 5.97 Å². The van der Waals surface area contributed by atoms with Crippen LogP contribution < -0.4 is 10.6 Å². The Kier molecular flexibility index (Phi) is 5.85. The zero-order valence-electron chi connectivity index (χ0n) is 17.2. The van der Waals surface area contributed by atoms with E-state index in [1.165, 1.54) is 17.5 Å². The van der Waals surface area contributed by atoms with Gasteiger partial charge in [-0.05, 0) is 62.4 Å². The number of carbonyl (C=O) groups excluding carboxylic acids is 3. The second kappa shape index (κ2) is 8.73. The third-order valence-corrected chi connectivity index (χ3v) is 5.76. The third-order valence-electron chi connectivity index (χ3n) is 4.93. The van der Waals surface area contributed by atoms with Crippen molar-refractivity contribution in [3.05, 3.63) is 64.3 Å². The van der Waals surface area contributed by atoms with Crippen molar-refractivity contribution in [1.29, 1.82) is 0 Å². The third kappa shape index (κ3) is 4.51. The van der Waals surface area contributed by atoms with Gasteiger partial charge in [-0.2, -0.15) is 5.10 Å². The predicted molar refractivity (Wildman–Crippen MR) is 117 cm³/mol. The number of nitrogens with one attached hydrogen (secondary N) is 2. The van der Waals surface area contributed by atoms with Crippen LogP contribution in [0.3, 0.4) is 0 Å². The molecule has 4 rings (SSSR count). The van der Waals surface area contributed by atoms with Gasteiger partial charge in [-0.1, -0.05) is 0 Å². The van der Waals surface area contributed by atoms with Crippen molar-refractivity contribution in [3.8, 4) is 5.69 Å². The molecule has 9 heteroatoms. The number of amides is 2. The van der Waals surface area contributed by atoms with E-state index in [4.69, 9.17) is 4.74 Å². The molecule has 1 aromatic carbocycles. The molecule has 0 unspecified atom stereocenters. The molecule has 1 aliphatic carbocycles. The summed E-state index contributed by atoms with van der Waals surface area (Å²) in [4.78, 5) is 37.0. The van der Waals surface area contributed by atoms with Gasteiger partial charge in [0.2, 0.25) is 0 Å². The summed E-state index contributed by atoms with van der Waals surface area (Å²) in [5.41, 5.74) is 2.69. The summed E-state index contributed by atoms with van der Waals surface area (Å²) in [6, 6.07) is 8.81. The number of thiophene rings is 1. The van der Waals surface area contributed by atoms with Crippen LogP contribution in [0.15, 0.2) is 41.9 Å². The van der Waals surface area contributed by atoms with E-state index in [1.54, 1.807) is 54.2 Å². The lowest BCUT2D eigenvalue weighted by Crippen LogP contribution is -2.26. The maximum absolute atomic E-state index is 12.7. The molecule has 2 amide bonds. The molecule has 1 aliphatic rings. The molecule has 1 fully saturated rings. The Balaban J connectivity index is 1.47. The molecule has 0 spiro atoms. The summed E-state index contributed by atoms with van der Waals surface area (Å²) in [6.07, 6.45) is 3.47. The average molecular weight is 439 g/mol. The van der Waals surface area contributed by atoms with Crippen molar-refractivity contribution in [3.63, 3.8) is 0 Å². The summed E-state index contributed by atoms with van der Waals surface area (Å²) < 4.78 is 6.66. The van der Waals surface area contributed by atoms with E-state index >= 15 is 0 Å². The fourth-order valence-corrected chi connectivity index (χ4v) is 3.86. The van der Waals surface area contributed by atoms with Crippen molar-refractivity contribution in [2.24, 2.45) is 0 Å². The molecule has 8 nitrogen and oxygen atoms in total. The lowest BCUT2D eigenvalue weighted by atomic mass is 10.2. The van der Waals surface area contributed by atoms with E-state index in [-0.39, 0.29) is 17.9 Å². The van der Waals surface area contributed by atoms with Gasteiger partial charge in [0.05, 0.1) is 29.7 Å². The largest absolute Gasteiger partial charge is 0.462 e. The van der Waals surface area contributed by atoms with Crippen LogP contribution >= 0.6 is 11.3 Å². The van der Waals surface area contributed by atoms with Crippen LogP contribution in [0.5, 0.6) is 0 Å². The second-order valence-corrected chi connectivity index (χ2v) is 8.10. The van der Waals surface area contributed by atoms with E-state index in [2.05, 4.69) is 15.7 Å². The number of ether oxygens (including phenoxy) is 1. The molecule has 0 aliphatic heterocycles. The topological polar surface area (TPSA) is 102 Å². The molecule has 31 heavy (non-hydrogen) atoms. The Labute approximate surface area is 183 Å². The molecule has 0 radical (unpaired) electrons. The number of nitrogens with zero attached hydrogens (tertiary/aromatic N) is 2. The first-order valence-electron chi connectivity index (χ1n) is 9.99. The van der Waals surface area contributed by atoms with Crippen LogP contribution in [0.25, 0.3) is 5.69 Å². The van der Waals surface area contributed by atoms with Crippen LogP contribution in [0.1, 0.15) is 56.5 Å². The quantitative estimate of drug-likeness (QED) is 0.549. The van der Waals surface area contributed by atoms with Gasteiger partial charge < -0.3 is 15.4 Å². The van der Waals surface area contributed by atoms with Crippen molar-refractivity contribution in [2.45, 2.75) is 32.7 Å². The van der Waals surface area contributed by atoms with Gasteiger partial charge in [0.1, 0.15) is 10.6 Å². The molecule has 0 atom stereocenters. The molecule has 2 heterocycles. The molecule has 2 N–H and O–H groups in total. The number of esters is 1. The zero-order chi connectivity index (χ0) is 22.0. The second-order valence-electron chi connectivity index (χ2n) is 7.19. The normalized spacial score (nSPS) is 13.0. The number of benzene rings is 1. The number of carbonyl (C=O) groups is 3. The maximum Gasteiger partial charge on any atom is 0.341 e. The Hall–Kier alpha value is -3.46. The minimum atomic E-state index is -0.417. The first-order chi connectivity index (χ1) is 15.0. The Morgan fingerprint density at radius 2 is 1.87 bits per heavy atom. The van der Waals surface area contributed by atoms with Crippen LogP contribution in [0.4, 0.5) is 5.00 Å². The van der Waals surface area contributed by atoms with Crippen molar-refractivity contribution < 1.29 is 19.1 Å². The molecule has 3 aromatic rings. The first-order valence-corrected chi connectivity index (χ1v) is 10.9. The number of anilines is 1. The molecule has 2 aromatic heterocycles. The van der Waals surface area contributed by atoms with Crippen LogP contribution in [0.2, 0.25) is 0 Å². The van der Waals surface area contributed by atoms with Crippen LogP contribution in [-0.2, 0) is 4.74 Å². The Morgan fingerprint density at radius 3 is 2.55 bits per heavy atom. The van der Waals surface area contributed by atoms with Gasteiger partial charge in [-0.3, -0.25) is 9.59 Å². The van der Waals surface area contributed by atoms with Gasteiger partial charge in [0.25, 0.3) is 11.8 Å². The summed E-state index contributed by atoms with van der Waals surface area (Å²) in [7, 11) is 0. The highest BCUT2D eigenvalue weighted by atomic mass is 32.1. The summed E-state index contributed by atoms with van der Waals surface area (Å²) in [5, 5.41) is 12.3. The average Bonchev–Trinajstić information content (AvgIpc) is 3.30. The molecule has 0 saturated heterocycles. The molecule has 1 saturated carbocycles. The van der Waals surface area contributed by atoms with Crippen molar-refractivity contribution in [1.82, 2.24) is 15.1 Å². The number of rotatable bonds is 7. The highest BCUT2D eigenvalue weighted by Gasteiger charge is 2.25. The van der Waals surface area contributed by atoms with E-state index in [0.717, 1.165) is 12.8 Å². The standard InChI is InChI=1S/C22H22N4O4S/c1-3-30-22(29)18-12-23-26(13(18)2)16-8-4-14(5-9-16)19(27)25-21-17(10-11-31-21)20(28)24-15-6-7-15/h4-5,8-12,15H,3,6-7H2,1-2H3,(H,24,28)(H,25,27). The van der Waals surface area contributed by atoms with Gasteiger partial charge in [0, 0.05) is 11.6 Å². The van der Waals surface area contributed by atoms with Crippen molar-refractivity contribution in [2.75, 3.05) is 11.9 Å². The predicted octanol–water partition coefficient (Wildman–Crippen LogP) is 3.56. The van der Waals surface area contributed by atoms with Gasteiger partial charge in [0.15, 0.2) is 0 Å². The first kappa shape index (κ1) is 20.8. The fraction of sp³-hybridized carbons (Fsp3) is 0.273. The van der Waals surface area contributed by atoms with Gasteiger partial charge in [-0.25, -0.2) is 9.48 Å². The monoisotopic (exact) mass is 438 g/mol. The Morgan fingerprint density at radius 1 is 1.13 bits per heavy atom. The van der Waals surface area contributed by atoms with Crippen LogP contribution in [0, 0.1) is 6.92 Å². The van der Waals surface area contributed by atoms with Gasteiger partial charge >= 0.3 is 5.97 Å². The molecular weight excluding hydrogens is 416 g/mol. The summed E-state index contributed by atoms with van der Waals surface area (Å²) in [6.45, 7) is 3.83. The Bertz CT molecular complexity index is 1130. The number of aromatic nitrogens is 2. The van der Waals surface area contributed by atoms with Crippen molar-refractivity contribution >= 4 is 34.1 Å². The van der Waals surface area contributed by atoms with E-state index in [9.17, 15) is 14.4 Å². The lowest BCUT2D eigenvalue weighted by Gasteiger charge is -2.09.